The number of aliphatic hydroxyl groups excluding tert-OH is 1. The van der Waals surface area contributed by atoms with Gasteiger partial charge in [0.15, 0.2) is 6.29 Å². The van der Waals surface area contributed by atoms with E-state index in [1.54, 1.807) is 48.2 Å². The van der Waals surface area contributed by atoms with E-state index in [0.29, 0.717) is 36.9 Å². The van der Waals surface area contributed by atoms with Crippen molar-refractivity contribution in [3.8, 4) is 0 Å². The smallest absolute Gasteiger partial charge is 0.417 e. The van der Waals surface area contributed by atoms with Crippen LogP contribution in [0.4, 0.5) is 16.2 Å². The molecule has 4 atom stereocenters. The third kappa shape index (κ3) is 9.42. The lowest BCUT2D eigenvalue weighted by molar-refractivity contribution is -0.142. The molecule has 1 fully saturated rings. The molecule has 3 aromatic rings. The zero-order valence-electron chi connectivity index (χ0n) is 28.3. The second kappa shape index (κ2) is 17.5. The van der Waals surface area contributed by atoms with Crippen LogP contribution >= 0.6 is 11.8 Å². The quantitative estimate of drug-likeness (QED) is 0.114. The summed E-state index contributed by atoms with van der Waals surface area (Å²) >= 11 is 1.59. The molecule has 2 heterocycles. The standard InChI is InChI=1S/C37H45N5O7S/c1-23(2)20-30(34(44)41-28-17-19-48-36(28)46)42(37(47)49-22-24-10-4-3-5-11-24)35(45)27(13-8-9-18-38)40-33(43)25-15-16-32-29(21-25)39-26-12-6-7-14-31(26)50-32/h3-7,10-12,14-16,21,23,27-28,30,36,39,46H,8-9,13,17-20,22,38H2,1-2H3,(H,40,43)(H,41,44)/t27?,28-,30-,36?/m0/s1. The number of carbonyl (C=O) groups is 4. The average Bonchev–Trinajstić information content (AvgIpc) is 3.52. The molecule has 0 saturated carbocycles. The van der Waals surface area contributed by atoms with E-state index < -0.39 is 48.2 Å². The summed E-state index contributed by atoms with van der Waals surface area (Å²) < 4.78 is 10.8. The number of nitrogens with zero attached hydrogens (tertiary/aromatic N) is 1. The monoisotopic (exact) mass is 703 g/mol. The zero-order chi connectivity index (χ0) is 35.6. The normalized spacial score (nSPS) is 17.5. The molecule has 0 spiro atoms. The van der Waals surface area contributed by atoms with Crippen molar-refractivity contribution in [2.24, 2.45) is 11.7 Å². The van der Waals surface area contributed by atoms with Gasteiger partial charge in [0.2, 0.25) is 5.91 Å². The number of benzene rings is 3. The van der Waals surface area contributed by atoms with Gasteiger partial charge in [0.25, 0.3) is 11.8 Å². The summed E-state index contributed by atoms with van der Waals surface area (Å²) in [6.07, 6.45) is -0.532. The number of anilines is 2. The fourth-order valence-corrected chi connectivity index (χ4v) is 6.84. The number of aliphatic hydroxyl groups is 1. The molecule has 2 aliphatic rings. The van der Waals surface area contributed by atoms with E-state index in [-0.39, 0.29) is 32.0 Å². The van der Waals surface area contributed by atoms with Gasteiger partial charge in [0.1, 0.15) is 18.7 Å². The first-order valence-electron chi connectivity index (χ1n) is 17.0. The second-order valence-electron chi connectivity index (χ2n) is 12.8. The molecule has 0 aliphatic carbocycles. The minimum Gasteiger partial charge on any atom is -0.444 e. The van der Waals surface area contributed by atoms with Gasteiger partial charge in [-0.2, -0.15) is 0 Å². The van der Waals surface area contributed by atoms with Crippen LogP contribution in [0, 0.1) is 5.92 Å². The number of unbranched alkanes of at least 4 members (excludes halogenated alkanes) is 1. The Morgan fingerprint density at radius 2 is 1.76 bits per heavy atom. The highest BCUT2D eigenvalue weighted by atomic mass is 32.2. The van der Waals surface area contributed by atoms with Crippen LogP contribution in [0.15, 0.2) is 82.6 Å². The van der Waals surface area contributed by atoms with E-state index in [1.807, 2.05) is 50.2 Å². The lowest BCUT2D eigenvalue weighted by atomic mass is 9.99. The number of carbonyl (C=O) groups excluding carboxylic acids is 4. The van der Waals surface area contributed by atoms with Crippen LogP contribution in [-0.2, 0) is 25.7 Å². The van der Waals surface area contributed by atoms with Crippen LogP contribution in [0.3, 0.4) is 0 Å². The third-order valence-corrected chi connectivity index (χ3v) is 9.66. The van der Waals surface area contributed by atoms with Crippen LogP contribution in [-0.4, -0.2) is 71.4 Å². The number of hydrogen-bond acceptors (Lipinski definition) is 10. The first kappa shape index (κ1) is 36.8. The van der Waals surface area contributed by atoms with Crippen molar-refractivity contribution in [1.82, 2.24) is 15.5 Å². The van der Waals surface area contributed by atoms with Crippen molar-refractivity contribution in [2.45, 2.75) is 86.8 Å². The zero-order valence-corrected chi connectivity index (χ0v) is 29.1. The molecule has 0 bridgehead atoms. The number of nitrogens with two attached hydrogens (primary N) is 1. The molecule has 3 aromatic carbocycles. The first-order valence-corrected chi connectivity index (χ1v) is 17.8. The molecule has 2 aliphatic heterocycles. The average molecular weight is 704 g/mol. The first-order chi connectivity index (χ1) is 24.1. The highest BCUT2D eigenvalue weighted by Gasteiger charge is 2.41. The van der Waals surface area contributed by atoms with Crippen molar-refractivity contribution >= 4 is 47.0 Å². The van der Waals surface area contributed by atoms with Crippen molar-refractivity contribution in [3.05, 3.63) is 83.9 Å². The minimum atomic E-state index is -1.29. The number of hydrogen-bond donors (Lipinski definition) is 5. The second-order valence-corrected chi connectivity index (χ2v) is 13.9. The number of nitrogens with one attached hydrogen (secondary N) is 3. The Hall–Kier alpha value is -4.43. The summed E-state index contributed by atoms with van der Waals surface area (Å²) in [5.74, 6) is -2.05. The highest BCUT2D eigenvalue weighted by Crippen LogP contribution is 2.44. The van der Waals surface area contributed by atoms with Gasteiger partial charge in [-0.15, -0.1) is 0 Å². The summed E-state index contributed by atoms with van der Waals surface area (Å²) in [5, 5.41) is 19.2. The van der Waals surface area contributed by atoms with Gasteiger partial charge in [-0.25, -0.2) is 9.69 Å². The topological polar surface area (TPSA) is 172 Å². The van der Waals surface area contributed by atoms with E-state index in [0.717, 1.165) is 26.1 Å². The van der Waals surface area contributed by atoms with E-state index >= 15 is 0 Å². The van der Waals surface area contributed by atoms with E-state index in [1.165, 1.54) is 0 Å². The van der Waals surface area contributed by atoms with Crippen LogP contribution < -0.4 is 21.7 Å². The number of imide groups is 1. The number of fused-ring (bicyclic) bond motifs is 2. The molecular weight excluding hydrogens is 659 g/mol. The molecule has 5 rings (SSSR count). The van der Waals surface area contributed by atoms with Crippen LogP contribution in [0.2, 0.25) is 0 Å². The summed E-state index contributed by atoms with van der Waals surface area (Å²) in [7, 11) is 0. The predicted octanol–water partition coefficient (Wildman–Crippen LogP) is 4.93. The Morgan fingerprint density at radius 3 is 2.48 bits per heavy atom. The molecule has 1 saturated heterocycles. The molecule has 4 amide bonds. The highest BCUT2D eigenvalue weighted by molar-refractivity contribution is 7.99. The molecule has 13 heteroatoms. The fraction of sp³-hybridized carbons (Fsp3) is 0.405. The SMILES string of the molecule is CC(C)C[C@@H](C(=O)N[C@H]1CCOC1O)N(C(=O)OCc1ccccc1)C(=O)C(CCCCN)NC(=O)c1ccc2c(c1)Nc1ccccc1S2. The molecule has 2 unspecified atom stereocenters. The van der Waals surface area contributed by atoms with E-state index in [2.05, 4.69) is 16.0 Å². The number of ether oxygens (including phenoxy) is 2. The molecule has 12 nitrogen and oxygen atoms in total. The molecule has 6 N–H and O–H groups in total. The van der Waals surface area contributed by atoms with E-state index in [4.69, 9.17) is 15.2 Å². The maximum absolute atomic E-state index is 14.6. The van der Waals surface area contributed by atoms with Crippen LogP contribution in [0.25, 0.3) is 0 Å². The van der Waals surface area contributed by atoms with Gasteiger partial charge >= 0.3 is 6.09 Å². The minimum absolute atomic E-state index is 0.112. The Labute approximate surface area is 296 Å². The van der Waals surface area contributed by atoms with Gasteiger partial charge in [-0.1, -0.05) is 68.1 Å². The number of amides is 4. The molecular formula is C37H45N5O7S. The molecule has 266 valence electrons. The van der Waals surface area contributed by atoms with Gasteiger partial charge < -0.3 is 36.3 Å². The van der Waals surface area contributed by atoms with Gasteiger partial charge in [-0.05, 0) is 80.5 Å². The lowest BCUT2D eigenvalue weighted by Gasteiger charge is -2.33. The lowest BCUT2D eigenvalue weighted by Crippen LogP contribution is -2.59. The maximum Gasteiger partial charge on any atom is 0.417 e. The fourth-order valence-electron chi connectivity index (χ4n) is 5.87. The van der Waals surface area contributed by atoms with Crippen LogP contribution in [0.5, 0.6) is 0 Å². The maximum atomic E-state index is 14.6. The van der Waals surface area contributed by atoms with Gasteiger partial charge in [0, 0.05) is 15.4 Å². The Kier molecular flexibility index (Phi) is 12.9. The van der Waals surface area contributed by atoms with Crippen molar-refractivity contribution in [2.75, 3.05) is 18.5 Å². The predicted molar refractivity (Wildman–Crippen MR) is 190 cm³/mol. The van der Waals surface area contributed by atoms with Crippen molar-refractivity contribution in [1.29, 1.82) is 0 Å². The number of para-hydroxylation sites is 1. The van der Waals surface area contributed by atoms with E-state index in [9.17, 15) is 24.3 Å². The third-order valence-electron chi connectivity index (χ3n) is 8.51. The Balaban J connectivity index is 1.42. The summed E-state index contributed by atoms with van der Waals surface area (Å²) in [6, 6.07) is 18.9. The summed E-state index contributed by atoms with van der Waals surface area (Å²) in [5.41, 5.74) is 8.46. The Morgan fingerprint density at radius 1 is 1.02 bits per heavy atom. The number of rotatable bonds is 14. The van der Waals surface area contributed by atoms with Crippen LogP contribution in [0.1, 0.15) is 61.9 Å². The Bertz CT molecular complexity index is 1660. The molecule has 0 radical (unpaired) electrons. The molecule has 50 heavy (non-hydrogen) atoms. The van der Waals surface area contributed by atoms with Gasteiger partial charge in [0.05, 0.1) is 24.0 Å². The summed E-state index contributed by atoms with van der Waals surface area (Å²) in [6.45, 7) is 4.22. The largest absolute Gasteiger partial charge is 0.444 e. The van der Waals surface area contributed by atoms with Gasteiger partial charge in [-0.3, -0.25) is 14.4 Å². The summed E-state index contributed by atoms with van der Waals surface area (Å²) in [4.78, 5) is 59.0. The van der Waals surface area contributed by atoms with Crippen molar-refractivity contribution in [3.63, 3.8) is 0 Å². The van der Waals surface area contributed by atoms with Crippen molar-refractivity contribution < 1.29 is 33.8 Å². The molecule has 0 aromatic heterocycles.